The molecule has 0 aromatic heterocycles. The highest BCUT2D eigenvalue weighted by molar-refractivity contribution is 8.01. The second kappa shape index (κ2) is 6.93. The second-order valence-electron chi connectivity index (χ2n) is 7.22. The highest BCUT2D eigenvalue weighted by atomic mass is 32.2. The fraction of sp³-hybridized carbons (Fsp3) is 0.500. The van der Waals surface area contributed by atoms with Crippen molar-refractivity contribution in [3.63, 3.8) is 0 Å². The van der Waals surface area contributed by atoms with E-state index in [0.29, 0.717) is 5.56 Å². The third-order valence-electron chi connectivity index (χ3n) is 5.04. The number of aliphatic carboxylic acids is 1. The third kappa shape index (κ3) is 3.03. The van der Waals surface area contributed by atoms with Gasteiger partial charge in [-0.05, 0) is 45.4 Å². The van der Waals surface area contributed by atoms with Gasteiger partial charge in [0.15, 0.2) is 0 Å². The van der Waals surface area contributed by atoms with Gasteiger partial charge >= 0.3 is 5.97 Å². The Morgan fingerprint density at radius 3 is 2.22 bits per heavy atom. The number of hydrogen-bond acceptors (Lipinski definition) is 6. The first-order valence-corrected chi connectivity index (χ1v) is 11.7. The molecule has 0 spiro atoms. The molecule has 2 fully saturated rings. The number of β-lactam (4-membered cyclic amide) rings is 1. The summed E-state index contributed by atoms with van der Waals surface area (Å²) in [4.78, 5) is 40.7. The van der Waals surface area contributed by atoms with E-state index < -0.39 is 27.7 Å². The number of hydrogen-bond donors (Lipinski definition) is 2. The molecule has 3 rings (SSSR count). The molecule has 9 heteroatoms. The van der Waals surface area contributed by atoms with Gasteiger partial charge in [-0.3, -0.25) is 9.59 Å². The minimum Gasteiger partial charge on any atom is -0.480 e. The van der Waals surface area contributed by atoms with Crippen molar-refractivity contribution in [2.24, 2.45) is 0 Å². The van der Waals surface area contributed by atoms with E-state index in [9.17, 15) is 19.5 Å². The Morgan fingerprint density at radius 1 is 1.19 bits per heavy atom. The Labute approximate surface area is 171 Å². The molecule has 146 valence electrons. The lowest BCUT2D eigenvalue weighted by atomic mass is 9.86. The quantitative estimate of drug-likeness (QED) is 0.553. The fourth-order valence-electron chi connectivity index (χ4n) is 3.71. The molecular formula is C18H22N2O4S3. The van der Waals surface area contributed by atoms with Gasteiger partial charge in [-0.15, -0.1) is 35.3 Å². The van der Waals surface area contributed by atoms with Crippen molar-refractivity contribution in [1.29, 1.82) is 0 Å². The van der Waals surface area contributed by atoms with E-state index in [2.05, 4.69) is 5.32 Å². The first-order chi connectivity index (χ1) is 12.6. The van der Waals surface area contributed by atoms with Crippen molar-refractivity contribution in [3.8, 4) is 0 Å². The molecule has 2 aliphatic rings. The van der Waals surface area contributed by atoms with Crippen molar-refractivity contribution >= 4 is 53.1 Å². The Hall–Kier alpha value is -1.32. The summed E-state index contributed by atoms with van der Waals surface area (Å²) in [5.41, 5.74) is -0.563. The summed E-state index contributed by atoms with van der Waals surface area (Å²) in [6, 6.07) is 4.76. The molecule has 2 saturated heterocycles. The zero-order valence-corrected chi connectivity index (χ0v) is 18.2. The van der Waals surface area contributed by atoms with Crippen LogP contribution < -0.4 is 5.32 Å². The number of amides is 2. The minimum atomic E-state index is -1.12. The number of nitrogens with zero attached hydrogens (tertiary/aromatic N) is 1. The largest absolute Gasteiger partial charge is 0.480 e. The van der Waals surface area contributed by atoms with Gasteiger partial charge < -0.3 is 15.3 Å². The third-order valence-corrected chi connectivity index (χ3v) is 8.35. The SMILES string of the molecule is CSc1cccc(SC)c1C(=O)NC1(C)C(=O)N2[C@@H](C(=O)O)C(C)(C)S[C@@H]21. The average Bonchev–Trinajstić information content (AvgIpc) is 2.90. The van der Waals surface area contributed by atoms with Crippen LogP contribution >= 0.6 is 35.3 Å². The van der Waals surface area contributed by atoms with Crippen LogP contribution in [-0.4, -0.2) is 62.0 Å². The van der Waals surface area contributed by atoms with Crippen LogP contribution in [0.15, 0.2) is 28.0 Å². The predicted octanol–water partition coefficient (Wildman–Crippen LogP) is 2.77. The molecule has 6 nitrogen and oxygen atoms in total. The van der Waals surface area contributed by atoms with E-state index in [-0.39, 0.29) is 11.8 Å². The van der Waals surface area contributed by atoms with Crippen LogP contribution in [0.3, 0.4) is 0 Å². The number of carboxylic acid groups (broad SMARTS) is 1. The van der Waals surface area contributed by atoms with Crippen molar-refractivity contribution in [2.75, 3.05) is 12.5 Å². The number of thioether (sulfide) groups is 3. The van der Waals surface area contributed by atoms with Crippen LogP contribution in [0, 0.1) is 0 Å². The van der Waals surface area contributed by atoms with Crippen LogP contribution in [0.1, 0.15) is 31.1 Å². The number of rotatable bonds is 5. The van der Waals surface area contributed by atoms with E-state index in [1.54, 1.807) is 6.92 Å². The van der Waals surface area contributed by atoms with Gasteiger partial charge in [-0.2, -0.15) is 0 Å². The summed E-state index contributed by atoms with van der Waals surface area (Å²) in [5.74, 6) is -1.68. The van der Waals surface area contributed by atoms with Gasteiger partial charge in [0.05, 0.1) is 5.56 Å². The van der Waals surface area contributed by atoms with Crippen LogP contribution in [0.2, 0.25) is 0 Å². The molecule has 2 aliphatic heterocycles. The van der Waals surface area contributed by atoms with Crippen LogP contribution in [0.25, 0.3) is 0 Å². The minimum absolute atomic E-state index is 0.308. The zero-order valence-electron chi connectivity index (χ0n) is 15.7. The standard InChI is InChI=1S/C18H22N2O4S3/c1-17(2)12(14(22)23)20-15(24)18(3,16(20)27-17)19-13(21)11-9(25-4)7-6-8-10(11)26-5/h6-8,12,16H,1-5H3,(H,19,21)(H,22,23)/t12-,16+,18?/m0/s1. The Balaban J connectivity index is 1.91. The first kappa shape index (κ1) is 20.4. The molecule has 27 heavy (non-hydrogen) atoms. The number of carboxylic acids is 1. The zero-order chi connectivity index (χ0) is 20.1. The van der Waals surface area contributed by atoms with E-state index in [4.69, 9.17) is 0 Å². The number of nitrogens with one attached hydrogen (secondary N) is 1. The summed E-state index contributed by atoms with van der Waals surface area (Å²) in [5, 5.41) is 12.1. The van der Waals surface area contributed by atoms with Crippen LogP contribution in [0.4, 0.5) is 0 Å². The van der Waals surface area contributed by atoms with Crippen molar-refractivity contribution in [3.05, 3.63) is 23.8 Å². The monoisotopic (exact) mass is 426 g/mol. The molecule has 1 aromatic rings. The summed E-state index contributed by atoms with van der Waals surface area (Å²) in [6.07, 6.45) is 3.81. The van der Waals surface area contributed by atoms with Gasteiger partial charge in [-0.25, -0.2) is 4.79 Å². The van der Waals surface area contributed by atoms with Gasteiger partial charge in [0, 0.05) is 14.5 Å². The van der Waals surface area contributed by atoms with Gasteiger partial charge in [-0.1, -0.05) is 6.07 Å². The predicted molar refractivity (Wildman–Crippen MR) is 110 cm³/mol. The first-order valence-electron chi connectivity index (χ1n) is 8.35. The normalized spacial score (nSPS) is 28.5. The van der Waals surface area contributed by atoms with Gasteiger partial charge in [0.1, 0.15) is 17.0 Å². The topological polar surface area (TPSA) is 86.7 Å². The average molecular weight is 427 g/mol. The fourth-order valence-corrected chi connectivity index (χ4v) is 6.66. The van der Waals surface area contributed by atoms with E-state index in [1.807, 2.05) is 44.6 Å². The van der Waals surface area contributed by atoms with Gasteiger partial charge in [0.25, 0.3) is 11.8 Å². The molecule has 1 unspecified atom stereocenters. The highest BCUT2D eigenvalue weighted by Crippen LogP contribution is 2.54. The molecular weight excluding hydrogens is 404 g/mol. The number of fused-ring (bicyclic) bond motifs is 1. The molecule has 0 saturated carbocycles. The van der Waals surface area contributed by atoms with E-state index in [0.717, 1.165) is 9.79 Å². The van der Waals surface area contributed by atoms with E-state index >= 15 is 0 Å². The van der Waals surface area contributed by atoms with Crippen molar-refractivity contribution in [1.82, 2.24) is 10.2 Å². The summed E-state index contributed by atoms with van der Waals surface area (Å²) >= 11 is 4.37. The van der Waals surface area contributed by atoms with Crippen molar-refractivity contribution in [2.45, 2.75) is 52.3 Å². The molecule has 3 atom stereocenters. The molecule has 2 N–H and O–H groups in total. The molecule has 2 heterocycles. The second-order valence-corrected chi connectivity index (χ2v) is 10.7. The maximum absolute atomic E-state index is 13.1. The molecule has 0 aliphatic carbocycles. The van der Waals surface area contributed by atoms with Crippen molar-refractivity contribution < 1.29 is 19.5 Å². The maximum atomic E-state index is 13.1. The molecule has 0 radical (unpaired) electrons. The Kier molecular flexibility index (Phi) is 5.24. The summed E-state index contributed by atoms with van der Waals surface area (Å²) in [6.45, 7) is 5.32. The number of benzene rings is 1. The smallest absolute Gasteiger partial charge is 0.327 e. The maximum Gasteiger partial charge on any atom is 0.327 e. The van der Waals surface area contributed by atoms with Crippen LogP contribution in [-0.2, 0) is 9.59 Å². The highest BCUT2D eigenvalue weighted by Gasteiger charge is 2.70. The summed E-state index contributed by atoms with van der Waals surface area (Å²) in [7, 11) is 0. The molecule has 0 bridgehead atoms. The Morgan fingerprint density at radius 2 is 1.74 bits per heavy atom. The van der Waals surface area contributed by atoms with Crippen LogP contribution in [0.5, 0.6) is 0 Å². The lowest BCUT2D eigenvalue weighted by molar-refractivity contribution is -0.165. The lowest BCUT2D eigenvalue weighted by Gasteiger charge is -2.51. The summed E-state index contributed by atoms with van der Waals surface area (Å²) < 4.78 is -0.629. The molecule has 1 aromatic carbocycles. The lowest BCUT2D eigenvalue weighted by Crippen LogP contribution is -2.78. The van der Waals surface area contributed by atoms with Gasteiger partial charge in [0.2, 0.25) is 0 Å². The number of carbonyl (C=O) groups excluding carboxylic acids is 2. The molecule has 2 amide bonds. The Bertz CT molecular complexity index is 807. The number of carbonyl (C=O) groups is 3. The van der Waals surface area contributed by atoms with E-state index in [1.165, 1.54) is 40.2 Å².